The minimum absolute atomic E-state index is 0.0930. The molecule has 0 spiro atoms. The third-order valence-electron chi connectivity index (χ3n) is 4.05. The summed E-state index contributed by atoms with van der Waals surface area (Å²) in [7, 11) is -3.89. The van der Waals surface area contributed by atoms with Gasteiger partial charge in [0.1, 0.15) is 11.0 Å². The number of unbranched alkanes of at least 4 members (excludes halogenated alkanes) is 1. The Hall–Kier alpha value is -2.78. The number of allylic oxidation sites excluding steroid dienone is 1. The van der Waals surface area contributed by atoms with Crippen LogP contribution in [-0.2, 0) is 9.84 Å². The molecule has 0 heterocycles. The fraction of sp³-hybridized carbons (Fsp3) is 0.318. The van der Waals surface area contributed by atoms with Crippen molar-refractivity contribution in [3.8, 4) is 17.6 Å². The number of hydrogen-bond acceptors (Lipinski definition) is 5. The van der Waals surface area contributed by atoms with Crippen LogP contribution in [0.5, 0.6) is 11.5 Å². The van der Waals surface area contributed by atoms with Gasteiger partial charge in [0.05, 0.1) is 18.1 Å². The molecular weight excluding hydrogens is 374 g/mol. The molecule has 0 aliphatic carbocycles. The summed E-state index contributed by atoms with van der Waals surface area (Å²) in [5.41, 5.74) is 1.50. The van der Waals surface area contributed by atoms with Crippen molar-refractivity contribution in [2.24, 2.45) is 0 Å². The van der Waals surface area contributed by atoms with Gasteiger partial charge in [0.15, 0.2) is 11.5 Å². The Morgan fingerprint density at radius 3 is 2.39 bits per heavy atom. The van der Waals surface area contributed by atoms with E-state index in [1.54, 1.807) is 30.3 Å². The molecule has 28 heavy (non-hydrogen) atoms. The molecule has 0 aliphatic heterocycles. The van der Waals surface area contributed by atoms with Crippen molar-refractivity contribution in [2.75, 3.05) is 13.2 Å². The monoisotopic (exact) mass is 399 g/mol. The molecule has 5 nitrogen and oxygen atoms in total. The first kappa shape index (κ1) is 21.5. The van der Waals surface area contributed by atoms with Crippen molar-refractivity contribution in [1.29, 1.82) is 5.26 Å². The van der Waals surface area contributed by atoms with E-state index in [0.717, 1.165) is 18.4 Å². The topological polar surface area (TPSA) is 76.4 Å². The van der Waals surface area contributed by atoms with E-state index >= 15 is 0 Å². The van der Waals surface area contributed by atoms with Gasteiger partial charge in [-0.25, -0.2) is 8.42 Å². The van der Waals surface area contributed by atoms with Crippen molar-refractivity contribution in [1.82, 2.24) is 0 Å². The molecule has 0 aliphatic rings. The fourth-order valence-electron chi connectivity index (χ4n) is 2.49. The summed E-state index contributed by atoms with van der Waals surface area (Å²) in [5.74, 6) is 1.13. The van der Waals surface area contributed by atoms with Crippen LogP contribution in [0, 0.1) is 18.3 Å². The lowest BCUT2D eigenvalue weighted by Gasteiger charge is -2.12. The lowest BCUT2D eigenvalue weighted by atomic mass is 10.2. The van der Waals surface area contributed by atoms with Gasteiger partial charge in [0.2, 0.25) is 9.84 Å². The average Bonchev–Trinajstić information content (AvgIpc) is 2.68. The molecule has 148 valence electrons. The van der Waals surface area contributed by atoms with Gasteiger partial charge in [-0.15, -0.1) is 0 Å². The smallest absolute Gasteiger partial charge is 0.216 e. The number of ether oxygens (including phenoxy) is 2. The van der Waals surface area contributed by atoms with Crippen molar-refractivity contribution in [3.05, 3.63) is 58.5 Å². The van der Waals surface area contributed by atoms with Gasteiger partial charge in [-0.05, 0) is 56.2 Å². The number of nitriles is 1. The van der Waals surface area contributed by atoms with E-state index in [1.807, 2.05) is 19.9 Å². The van der Waals surface area contributed by atoms with E-state index in [0.29, 0.717) is 30.3 Å². The van der Waals surface area contributed by atoms with Crippen LogP contribution in [-0.4, -0.2) is 21.6 Å². The van der Waals surface area contributed by atoms with Crippen LogP contribution in [0.2, 0.25) is 0 Å². The SMILES string of the molecule is CCCCOc1ccc(C=C(C#N)S(=O)(=O)c2ccc(C)cc2)cc1OCC. The zero-order valence-electron chi connectivity index (χ0n) is 16.4. The van der Waals surface area contributed by atoms with Gasteiger partial charge < -0.3 is 9.47 Å². The fourth-order valence-corrected chi connectivity index (χ4v) is 3.65. The maximum absolute atomic E-state index is 12.8. The zero-order valence-corrected chi connectivity index (χ0v) is 17.3. The second-order valence-electron chi connectivity index (χ2n) is 6.28. The first-order valence-corrected chi connectivity index (χ1v) is 10.7. The minimum atomic E-state index is -3.89. The molecule has 0 fully saturated rings. The second-order valence-corrected chi connectivity index (χ2v) is 8.20. The summed E-state index contributed by atoms with van der Waals surface area (Å²) in [5, 5.41) is 9.46. The highest BCUT2D eigenvalue weighted by molar-refractivity contribution is 7.95. The van der Waals surface area contributed by atoms with Crippen LogP contribution < -0.4 is 9.47 Å². The van der Waals surface area contributed by atoms with Crippen LogP contribution in [0.3, 0.4) is 0 Å². The standard InChI is InChI=1S/C22H25NO4S/c1-4-6-13-27-21-12-9-18(15-22(21)26-5-2)14-20(16-23)28(24,25)19-10-7-17(3)8-11-19/h7-12,14-15H,4-6,13H2,1-3H3. The third-order valence-corrected chi connectivity index (χ3v) is 5.73. The Morgan fingerprint density at radius 1 is 1.07 bits per heavy atom. The van der Waals surface area contributed by atoms with Crippen molar-refractivity contribution >= 4 is 15.9 Å². The summed E-state index contributed by atoms with van der Waals surface area (Å²) < 4.78 is 36.9. The van der Waals surface area contributed by atoms with Gasteiger partial charge in [-0.2, -0.15) is 5.26 Å². The molecule has 6 heteroatoms. The number of hydrogen-bond donors (Lipinski definition) is 0. The molecular formula is C22H25NO4S. The molecule has 2 aromatic carbocycles. The predicted molar refractivity (Wildman–Crippen MR) is 110 cm³/mol. The van der Waals surface area contributed by atoms with Gasteiger partial charge in [0, 0.05) is 0 Å². The first-order chi connectivity index (χ1) is 13.4. The van der Waals surface area contributed by atoms with E-state index in [2.05, 4.69) is 6.92 Å². The van der Waals surface area contributed by atoms with E-state index in [-0.39, 0.29) is 9.80 Å². The summed E-state index contributed by atoms with van der Waals surface area (Å²) in [6.45, 7) is 6.84. The highest BCUT2D eigenvalue weighted by Crippen LogP contribution is 2.30. The molecule has 0 saturated carbocycles. The summed E-state index contributed by atoms with van der Waals surface area (Å²) in [6, 6.07) is 13.4. The lowest BCUT2D eigenvalue weighted by molar-refractivity contribution is 0.272. The van der Waals surface area contributed by atoms with Crippen LogP contribution in [0.1, 0.15) is 37.8 Å². The van der Waals surface area contributed by atoms with Crippen LogP contribution >= 0.6 is 0 Å². The molecule has 2 aromatic rings. The first-order valence-electron chi connectivity index (χ1n) is 9.25. The Morgan fingerprint density at radius 2 is 1.79 bits per heavy atom. The van der Waals surface area contributed by atoms with E-state index < -0.39 is 9.84 Å². The molecule has 0 aromatic heterocycles. The molecule has 2 rings (SSSR count). The van der Waals surface area contributed by atoms with Crippen LogP contribution in [0.25, 0.3) is 6.08 Å². The number of nitrogens with zero attached hydrogens (tertiary/aromatic N) is 1. The molecule has 0 radical (unpaired) electrons. The molecule has 0 bridgehead atoms. The lowest BCUT2D eigenvalue weighted by Crippen LogP contribution is -2.04. The number of rotatable bonds is 9. The Balaban J connectivity index is 2.39. The highest BCUT2D eigenvalue weighted by Gasteiger charge is 2.21. The second kappa shape index (κ2) is 9.95. The maximum Gasteiger partial charge on any atom is 0.216 e. The minimum Gasteiger partial charge on any atom is -0.490 e. The highest BCUT2D eigenvalue weighted by atomic mass is 32.2. The normalized spacial score (nSPS) is 11.7. The molecule has 0 amide bonds. The van der Waals surface area contributed by atoms with Gasteiger partial charge in [0.25, 0.3) is 0 Å². The number of sulfone groups is 1. The summed E-state index contributed by atoms with van der Waals surface area (Å²) >= 11 is 0. The van der Waals surface area contributed by atoms with E-state index in [9.17, 15) is 13.7 Å². The number of aryl methyl sites for hydroxylation is 1. The molecule has 0 N–H and O–H groups in total. The average molecular weight is 400 g/mol. The molecule has 0 saturated heterocycles. The Labute approximate surface area is 167 Å². The van der Waals surface area contributed by atoms with Gasteiger partial charge in [-0.3, -0.25) is 0 Å². The Bertz CT molecular complexity index is 971. The van der Waals surface area contributed by atoms with Crippen LogP contribution in [0.4, 0.5) is 0 Å². The maximum atomic E-state index is 12.8. The van der Waals surface area contributed by atoms with Gasteiger partial charge >= 0.3 is 0 Å². The molecule has 0 atom stereocenters. The zero-order chi connectivity index (χ0) is 20.6. The van der Waals surface area contributed by atoms with E-state index in [4.69, 9.17) is 9.47 Å². The predicted octanol–water partition coefficient (Wildman–Crippen LogP) is 4.91. The summed E-state index contributed by atoms with van der Waals surface area (Å²) in [6.07, 6.45) is 3.31. The quantitative estimate of drug-likeness (QED) is 0.442. The van der Waals surface area contributed by atoms with Crippen molar-refractivity contribution in [3.63, 3.8) is 0 Å². The summed E-state index contributed by atoms with van der Waals surface area (Å²) in [4.78, 5) is -0.228. The van der Waals surface area contributed by atoms with E-state index in [1.165, 1.54) is 18.2 Å². The van der Waals surface area contributed by atoms with Crippen molar-refractivity contribution < 1.29 is 17.9 Å². The third kappa shape index (κ3) is 5.37. The molecule has 0 unspecified atom stereocenters. The van der Waals surface area contributed by atoms with Crippen LogP contribution in [0.15, 0.2) is 52.3 Å². The largest absolute Gasteiger partial charge is 0.490 e. The van der Waals surface area contributed by atoms with Gasteiger partial charge in [-0.1, -0.05) is 37.1 Å². The number of benzene rings is 2. The Kier molecular flexibility index (Phi) is 7.65. The van der Waals surface area contributed by atoms with Crippen molar-refractivity contribution in [2.45, 2.75) is 38.5 Å².